The van der Waals surface area contributed by atoms with Crippen molar-refractivity contribution >= 4 is 11.0 Å². The fourth-order valence-corrected chi connectivity index (χ4v) is 2.08. The van der Waals surface area contributed by atoms with Crippen LogP contribution in [0.5, 0.6) is 11.5 Å². The van der Waals surface area contributed by atoms with Crippen molar-refractivity contribution in [2.45, 2.75) is 0 Å². The van der Waals surface area contributed by atoms with E-state index in [0.29, 0.717) is 17.3 Å². The van der Waals surface area contributed by atoms with E-state index in [1.54, 1.807) is 25.6 Å². The van der Waals surface area contributed by atoms with Gasteiger partial charge in [-0.2, -0.15) is 0 Å². The second-order valence-corrected chi connectivity index (χ2v) is 4.41. The summed E-state index contributed by atoms with van der Waals surface area (Å²) in [5, 5.41) is 8.94. The Bertz CT molecular complexity index is 722. The van der Waals surface area contributed by atoms with Crippen LogP contribution < -0.4 is 9.47 Å². The lowest BCUT2D eigenvalue weighted by Gasteiger charge is -2.10. The van der Waals surface area contributed by atoms with Crippen molar-refractivity contribution in [3.63, 3.8) is 0 Å². The monoisotopic (exact) mass is 285 g/mol. The molecule has 0 spiro atoms. The molecule has 0 unspecified atom stereocenters. The van der Waals surface area contributed by atoms with Gasteiger partial charge in [0.15, 0.2) is 0 Å². The number of nitrogens with zero attached hydrogens (tertiary/aromatic N) is 2. The summed E-state index contributed by atoms with van der Waals surface area (Å²) in [6, 6.07) is 7.35. The van der Waals surface area contributed by atoms with Crippen molar-refractivity contribution in [3.05, 3.63) is 36.7 Å². The van der Waals surface area contributed by atoms with Gasteiger partial charge in [-0.25, -0.2) is 4.98 Å². The van der Waals surface area contributed by atoms with E-state index in [2.05, 4.69) is 15.0 Å². The van der Waals surface area contributed by atoms with Crippen molar-refractivity contribution in [2.75, 3.05) is 20.3 Å². The van der Waals surface area contributed by atoms with Crippen LogP contribution in [0.3, 0.4) is 0 Å². The zero-order valence-corrected chi connectivity index (χ0v) is 11.5. The quantitative estimate of drug-likeness (QED) is 0.749. The number of aliphatic hydroxyl groups excluding tert-OH is 1. The molecule has 3 aromatic rings. The number of aromatic nitrogens is 3. The third-order valence-corrected chi connectivity index (χ3v) is 3.08. The summed E-state index contributed by atoms with van der Waals surface area (Å²) < 4.78 is 10.8. The number of hydrogen-bond acceptors (Lipinski definition) is 5. The molecule has 0 amide bonds. The third kappa shape index (κ3) is 2.66. The third-order valence-electron chi connectivity index (χ3n) is 3.08. The van der Waals surface area contributed by atoms with Crippen LogP contribution in [-0.4, -0.2) is 40.4 Å². The number of methoxy groups -OCH3 is 1. The van der Waals surface area contributed by atoms with Crippen molar-refractivity contribution < 1.29 is 14.6 Å². The normalized spacial score (nSPS) is 10.8. The van der Waals surface area contributed by atoms with Gasteiger partial charge in [-0.05, 0) is 18.2 Å². The minimum Gasteiger partial charge on any atom is -0.497 e. The van der Waals surface area contributed by atoms with Crippen LogP contribution in [-0.2, 0) is 0 Å². The Hall–Kier alpha value is -2.60. The molecule has 108 valence electrons. The number of H-pyrrole nitrogens is 1. The van der Waals surface area contributed by atoms with Crippen molar-refractivity contribution in [1.82, 2.24) is 15.0 Å². The van der Waals surface area contributed by atoms with E-state index in [4.69, 9.17) is 14.6 Å². The molecule has 2 heterocycles. The van der Waals surface area contributed by atoms with Crippen molar-refractivity contribution in [3.8, 4) is 22.9 Å². The van der Waals surface area contributed by atoms with E-state index < -0.39 is 0 Å². The maximum absolute atomic E-state index is 8.94. The maximum atomic E-state index is 8.94. The molecule has 2 aromatic heterocycles. The topological polar surface area (TPSA) is 80.3 Å². The lowest BCUT2D eigenvalue weighted by atomic mass is 10.2. The van der Waals surface area contributed by atoms with Gasteiger partial charge in [0, 0.05) is 12.3 Å². The highest BCUT2D eigenvalue weighted by molar-refractivity contribution is 5.80. The first-order chi connectivity index (χ1) is 10.3. The Morgan fingerprint density at radius 2 is 2.19 bits per heavy atom. The molecule has 21 heavy (non-hydrogen) atoms. The van der Waals surface area contributed by atoms with E-state index in [9.17, 15) is 0 Å². The SMILES string of the molecule is COc1ccc(-c2nc3cnccc3[nH]2)c(OCCO)c1. The second kappa shape index (κ2) is 5.80. The van der Waals surface area contributed by atoms with Crippen LogP contribution in [0, 0.1) is 0 Å². The summed E-state index contributed by atoms with van der Waals surface area (Å²) >= 11 is 0. The molecule has 0 aliphatic heterocycles. The van der Waals surface area contributed by atoms with Gasteiger partial charge < -0.3 is 19.6 Å². The van der Waals surface area contributed by atoms with E-state index in [-0.39, 0.29) is 13.2 Å². The first kappa shape index (κ1) is 13.4. The molecule has 0 atom stereocenters. The Morgan fingerprint density at radius 1 is 1.29 bits per heavy atom. The predicted molar refractivity (Wildman–Crippen MR) is 78.5 cm³/mol. The first-order valence-electron chi connectivity index (χ1n) is 6.53. The molecule has 6 heteroatoms. The highest BCUT2D eigenvalue weighted by atomic mass is 16.5. The van der Waals surface area contributed by atoms with Gasteiger partial charge in [-0.15, -0.1) is 0 Å². The number of aromatic amines is 1. The molecule has 0 aliphatic rings. The van der Waals surface area contributed by atoms with Gasteiger partial charge in [0.1, 0.15) is 29.4 Å². The minimum atomic E-state index is -0.0549. The molecular formula is C15H15N3O3. The van der Waals surface area contributed by atoms with Crippen LogP contribution in [0.15, 0.2) is 36.7 Å². The van der Waals surface area contributed by atoms with Crippen LogP contribution in [0.4, 0.5) is 0 Å². The standard InChI is InChI=1S/C15H15N3O3/c1-20-10-2-3-11(14(8-10)21-7-6-19)15-17-12-4-5-16-9-13(12)18-15/h2-5,8-9,19H,6-7H2,1H3,(H,17,18). The first-order valence-corrected chi connectivity index (χ1v) is 6.53. The van der Waals surface area contributed by atoms with Gasteiger partial charge >= 0.3 is 0 Å². The molecule has 0 aliphatic carbocycles. The second-order valence-electron chi connectivity index (χ2n) is 4.41. The molecule has 3 rings (SSSR count). The molecule has 0 fully saturated rings. The summed E-state index contributed by atoms with van der Waals surface area (Å²) in [7, 11) is 1.59. The van der Waals surface area contributed by atoms with Crippen molar-refractivity contribution in [1.29, 1.82) is 0 Å². The summed E-state index contributed by atoms with van der Waals surface area (Å²) in [6.45, 7) is 0.155. The Balaban J connectivity index is 2.06. The number of ether oxygens (including phenoxy) is 2. The highest BCUT2D eigenvalue weighted by Crippen LogP contribution is 2.32. The van der Waals surface area contributed by atoms with E-state index in [0.717, 1.165) is 16.6 Å². The molecule has 0 radical (unpaired) electrons. The molecule has 6 nitrogen and oxygen atoms in total. The lowest BCUT2D eigenvalue weighted by Crippen LogP contribution is -2.03. The highest BCUT2D eigenvalue weighted by Gasteiger charge is 2.12. The van der Waals surface area contributed by atoms with Gasteiger partial charge in [-0.3, -0.25) is 4.98 Å². The summed E-state index contributed by atoms with van der Waals surface area (Å²) in [6.07, 6.45) is 3.41. The van der Waals surface area contributed by atoms with Gasteiger partial charge in [0.25, 0.3) is 0 Å². The van der Waals surface area contributed by atoms with E-state index in [1.807, 2.05) is 18.2 Å². The molecule has 0 saturated carbocycles. The molecule has 1 aromatic carbocycles. The van der Waals surface area contributed by atoms with Crippen LogP contribution in [0.1, 0.15) is 0 Å². The average molecular weight is 285 g/mol. The number of hydrogen-bond donors (Lipinski definition) is 2. The molecule has 0 saturated heterocycles. The Labute approximate surface area is 121 Å². The number of benzene rings is 1. The number of pyridine rings is 1. The summed E-state index contributed by atoms with van der Waals surface area (Å²) in [4.78, 5) is 11.8. The summed E-state index contributed by atoms with van der Waals surface area (Å²) in [5.41, 5.74) is 2.50. The number of nitrogens with one attached hydrogen (secondary N) is 1. The largest absolute Gasteiger partial charge is 0.497 e. The Morgan fingerprint density at radius 3 is 2.95 bits per heavy atom. The van der Waals surface area contributed by atoms with Gasteiger partial charge in [0.05, 0.1) is 31.0 Å². The molecular weight excluding hydrogens is 270 g/mol. The van der Waals surface area contributed by atoms with Crippen LogP contribution in [0.25, 0.3) is 22.4 Å². The van der Waals surface area contributed by atoms with Gasteiger partial charge in [-0.1, -0.05) is 0 Å². The van der Waals surface area contributed by atoms with E-state index >= 15 is 0 Å². The number of imidazole rings is 1. The van der Waals surface area contributed by atoms with Crippen LogP contribution >= 0.6 is 0 Å². The zero-order chi connectivity index (χ0) is 14.7. The molecule has 0 bridgehead atoms. The van der Waals surface area contributed by atoms with Crippen molar-refractivity contribution in [2.24, 2.45) is 0 Å². The fraction of sp³-hybridized carbons (Fsp3) is 0.200. The fourth-order valence-electron chi connectivity index (χ4n) is 2.08. The number of fused-ring (bicyclic) bond motifs is 1. The molecule has 2 N–H and O–H groups in total. The van der Waals surface area contributed by atoms with E-state index in [1.165, 1.54) is 0 Å². The van der Waals surface area contributed by atoms with Crippen LogP contribution in [0.2, 0.25) is 0 Å². The zero-order valence-electron chi connectivity index (χ0n) is 11.5. The minimum absolute atomic E-state index is 0.0549. The lowest BCUT2D eigenvalue weighted by molar-refractivity contribution is 0.201. The summed E-state index contributed by atoms with van der Waals surface area (Å²) in [5.74, 6) is 1.98. The number of aliphatic hydroxyl groups is 1. The van der Waals surface area contributed by atoms with Gasteiger partial charge in [0.2, 0.25) is 0 Å². The Kier molecular flexibility index (Phi) is 3.70. The predicted octanol–water partition coefficient (Wildman–Crippen LogP) is 2.00. The number of rotatable bonds is 5. The smallest absolute Gasteiger partial charge is 0.142 e. The maximum Gasteiger partial charge on any atom is 0.142 e. The average Bonchev–Trinajstić information content (AvgIpc) is 2.96.